The molecule has 2 unspecified atom stereocenters. The second kappa shape index (κ2) is 13.5. The average molecular weight is 502 g/mol. The van der Waals surface area contributed by atoms with Gasteiger partial charge in [0.1, 0.15) is 17.7 Å². The third kappa shape index (κ3) is 8.99. The van der Waals surface area contributed by atoms with E-state index in [0.717, 1.165) is 18.4 Å². The molecule has 0 aliphatic heterocycles. The van der Waals surface area contributed by atoms with E-state index in [9.17, 15) is 14.4 Å². The highest BCUT2D eigenvalue weighted by atomic mass is 16.6. The molecule has 0 saturated heterocycles. The molecule has 36 heavy (non-hydrogen) atoms. The first-order valence-corrected chi connectivity index (χ1v) is 13.0. The molecule has 0 aliphatic rings. The first kappa shape index (κ1) is 31.2. The molecule has 1 aromatic rings. The number of benzene rings is 1. The maximum absolute atomic E-state index is 14.3. The van der Waals surface area contributed by atoms with Crippen LogP contribution in [0.3, 0.4) is 0 Å². The second-order valence-corrected chi connectivity index (χ2v) is 11.2. The number of hydrogen-bond donors (Lipinski definition) is 2. The van der Waals surface area contributed by atoms with Gasteiger partial charge in [-0.1, -0.05) is 65.0 Å². The van der Waals surface area contributed by atoms with Gasteiger partial charge in [0.05, 0.1) is 0 Å². The van der Waals surface area contributed by atoms with Gasteiger partial charge in [-0.25, -0.2) is 4.79 Å². The van der Waals surface area contributed by atoms with E-state index in [4.69, 9.17) is 4.74 Å². The number of nitrogens with one attached hydrogen (secondary N) is 2. The summed E-state index contributed by atoms with van der Waals surface area (Å²) in [6.45, 7) is 21.4. The summed E-state index contributed by atoms with van der Waals surface area (Å²) in [4.78, 5) is 42.2. The van der Waals surface area contributed by atoms with Crippen molar-refractivity contribution >= 4 is 24.0 Å². The van der Waals surface area contributed by atoms with Crippen LogP contribution in [0.25, 0.3) is 6.08 Å². The minimum atomic E-state index is -0.883. The number of hydrogen-bond acceptors (Lipinski definition) is 4. The van der Waals surface area contributed by atoms with Crippen molar-refractivity contribution in [2.75, 3.05) is 6.54 Å². The average Bonchev–Trinajstić information content (AvgIpc) is 2.79. The Balaban J connectivity index is 3.62. The Morgan fingerprint density at radius 2 is 1.75 bits per heavy atom. The van der Waals surface area contributed by atoms with Gasteiger partial charge in [0.2, 0.25) is 11.8 Å². The van der Waals surface area contributed by atoms with Crippen molar-refractivity contribution in [3.8, 4) is 0 Å². The molecule has 2 N–H and O–H groups in total. The lowest BCUT2D eigenvalue weighted by molar-refractivity contribution is -0.150. The highest BCUT2D eigenvalue weighted by Gasteiger charge is 2.43. The predicted octanol–water partition coefficient (Wildman–Crippen LogP) is 5.85. The standard InChI is InChI=1S/C29H47N3O4/c1-11-14-18-30-25(33)24(22-17-15-16-21(12-2)19-22)32(29(9,10)13-3)26(34)23(20(4)5)31-27(35)36-28(6,7)8/h12,15-17,19-20,23-24H,2,11,13-14,18H2,1,3-10H3,(H,30,33)(H,31,35). The second-order valence-electron chi connectivity index (χ2n) is 11.2. The summed E-state index contributed by atoms with van der Waals surface area (Å²) in [5.74, 6) is -0.815. The fourth-order valence-corrected chi connectivity index (χ4v) is 3.80. The van der Waals surface area contributed by atoms with Crippen LogP contribution in [-0.4, -0.2) is 46.5 Å². The molecular weight excluding hydrogens is 454 g/mol. The predicted molar refractivity (Wildman–Crippen MR) is 146 cm³/mol. The monoisotopic (exact) mass is 501 g/mol. The number of rotatable bonds is 12. The first-order valence-electron chi connectivity index (χ1n) is 13.0. The van der Waals surface area contributed by atoms with E-state index in [-0.39, 0.29) is 17.7 Å². The molecule has 0 bridgehead atoms. The number of unbranched alkanes of at least 4 members (excludes halogenated alkanes) is 1. The van der Waals surface area contributed by atoms with Gasteiger partial charge in [-0.05, 0) is 70.6 Å². The fraction of sp³-hybridized carbons (Fsp3) is 0.621. The molecule has 0 radical (unpaired) electrons. The lowest BCUT2D eigenvalue weighted by Gasteiger charge is -2.45. The Hall–Kier alpha value is -2.83. The molecular formula is C29H47N3O4. The van der Waals surface area contributed by atoms with Crippen LogP contribution in [0.1, 0.15) is 98.7 Å². The van der Waals surface area contributed by atoms with Gasteiger partial charge in [0.25, 0.3) is 0 Å². The Bertz CT molecular complexity index is 902. The van der Waals surface area contributed by atoms with Gasteiger partial charge in [0, 0.05) is 12.1 Å². The number of alkyl carbamates (subject to hydrolysis) is 1. The molecule has 0 saturated carbocycles. The largest absolute Gasteiger partial charge is 0.444 e. The third-order valence-corrected chi connectivity index (χ3v) is 6.16. The lowest BCUT2D eigenvalue weighted by Crippen LogP contribution is -2.60. The molecule has 1 rings (SSSR count). The van der Waals surface area contributed by atoms with Crippen LogP contribution in [0.5, 0.6) is 0 Å². The summed E-state index contributed by atoms with van der Waals surface area (Å²) >= 11 is 0. The number of carbonyl (C=O) groups is 3. The highest BCUT2D eigenvalue weighted by molar-refractivity contribution is 5.93. The zero-order valence-electron chi connectivity index (χ0n) is 23.7. The number of nitrogens with zero attached hydrogens (tertiary/aromatic N) is 1. The molecule has 3 amide bonds. The van der Waals surface area contributed by atoms with Gasteiger partial charge in [-0.3, -0.25) is 9.59 Å². The SMILES string of the molecule is C=Cc1cccc(C(C(=O)NCCCC)N(C(=O)C(NC(=O)OC(C)(C)C)C(C)C)C(C)(C)CC)c1. The Morgan fingerprint density at radius 3 is 2.25 bits per heavy atom. The van der Waals surface area contributed by atoms with Gasteiger partial charge < -0.3 is 20.3 Å². The smallest absolute Gasteiger partial charge is 0.408 e. The summed E-state index contributed by atoms with van der Waals surface area (Å²) in [5.41, 5.74) is 0.157. The van der Waals surface area contributed by atoms with E-state index in [0.29, 0.717) is 18.5 Å². The van der Waals surface area contributed by atoms with Crippen LogP contribution in [0.4, 0.5) is 4.79 Å². The van der Waals surface area contributed by atoms with E-state index in [1.807, 2.05) is 58.9 Å². The van der Waals surface area contributed by atoms with Crippen LogP contribution in [0.2, 0.25) is 0 Å². The van der Waals surface area contributed by atoms with Crippen molar-refractivity contribution in [1.29, 1.82) is 0 Å². The van der Waals surface area contributed by atoms with E-state index in [2.05, 4.69) is 24.1 Å². The molecule has 0 fully saturated rings. The maximum Gasteiger partial charge on any atom is 0.408 e. The molecule has 0 heterocycles. The minimum Gasteiger partial charge on any atom is -0.444 e. The van der Waals surface area contributed by atoms with Crippen LogP contribution >= 0.6 is 0 Å². The van der Waals surface area contributed by atoms with Crippen molar-refractivity contribution in [2.45, 2.75) is 105 Å². The van der Waals surface area contributed by atoms with E-state index in [1.54, 1.807) is 31.7 Å². The number of carbonyl (C=O) groups excluding carboxylic acids is 3. The minimum absolute atomic E-state index is 0.233. The maximum atomic E-state index is 14.3. The Labute approximate surface area is 218 Å². The molecule has 0 spiro atoms. The molecule has 0 aromatic heterocycles. The van der Waals surface area contributed by atoms with Crippen LogP contribution in [0.15, 0.2) is 30.8 Å². The normalized spacial score (nSPS) is 13.5. The van der Waals surface area contributed by atoms with Gasteiger partial charge >= 0.3 is 6.09 Å². The number of amides is 3. The van der Waals surface area contributed by atoms with Crippen molar-refractivity contribution in [2.24, 2.45) is 5.92 Å². The van der Waals surface area contributed by atoms with E-state index in [1.165, 1.54) is 0 Å². The lowest BCUT2D eigenvalue weighted by atomic mass is 9.90. The molecule has 1 aromatic carbocycles. The molecule has 7 heteroatoms. The number of ether oxygens (including phenoxy) is 1. The summed E-state index contributed by atoms with van der Waals surface area (Å²) in [6, 6.07) is 5.74. The van der Waals surface area contributed by atoms with Gasteiger partial charge in [0.15, 0.2) is 0 Å². The summed E-state index contributed by atoms with van der Waals surface area (Å²) in [7, 11) is 0. The summed E-state index contributed by atoms with van der Waals surface area (Å²) in [5, 5.41) is 5.79. The van der Waals surface area contributed by atoms with Gasteiger partial charge in [-0.15, -0.1) is 0 Å². The first-order chi connectivity index (χ1) is 16.7. The highest BCUT2D eigenvalue weighted by Crippen LogP contribution is 2.33. The topological polar surface area (TPSA) is 87.7 Å². The zero-order chi connectivity index (χ0) is 27.7. The molecule has 202 valence electrons. The van der Waals surface area contributed by atoms with Crippen molar-refractivity contribution in [3.63, 3.8) is 0 Å². The zero-order valence-corrected chi connectivity index (χ0v) is 23.7. The van der Waals surface area contributed by atoms with Crippen molar-refractivity contribution < 1.29 is 19.1 Å². The van der Waals surface area contributed by atoms with E-state index >= 15 is 0 Å². The van der Waals surface area contributed by atoms with Crippen molar-refractivity contribution in [1.82, 2.24) is 15.5 Å². The van der Waals surface area contributed by atoms with Crippen molar-refractivity contribution in [3.05, 3.63) is 42.0 Å². The van der Waals surface area contributed by atoms with Crippen LogP contribution < -0.4 is 10.6 Å². The van der Waals surface area contributed by atoms with E-state index < -0.39 is 29.3 Å². The molecule has 0 aliphatic carbocycles. The summed E-state index contributed by atoms with van der Waals surface area (Å²) < 4.78 is 5.44. The molecule has 2 atom stereocenters. The van der Waals surface area contributed by atoms with Gasteiger partial charge in [-0.2, -0.15) is 0 Å². The Kier molecular flexibility index (Phi) is 11.7. The quantitative estimate of drug-likeness (QED) is 0.352. The molecule has 7 nitrogen and oxygen atoms in total. The Morgan fingerprint density at radius 1 is 1.11 bits per heavy atom. The fourth-order valence-electron chi connectivity index (χ4n) is 3.80. The van der Waals surface area contributed by atoms with Crippen LogP contribution in [-0.2, 0) is 14.3 Å². The summed E-state index contributed by atoms with van der Waals surface area (Å²) in [6.07, 6.45) is 3.44. The third-order valence-electron chi connectivity index (χ3n) is 6.16. The van der Waals surface area contributed by atoms with Crippen LogP contribution in [0, 0.1) is 5.92 Å².